The van der Waals surface area contributed by atoms with Crippen molar-refractivity contribution in [2.75, 3.05) is 14.2 Å². The monoisotopic (exact) mass is 227 g/mol. The van der Waals surface area contributed by atoms with Crippen LogP contribution in [0.15, 0.2) is 12.4 Å². The fourth-order valence-electron chi connectivity index (χ4n) is 1.85. The summed E-state index contributed by atoms with van der Waals surface area (Å²) in [5, 5.41) is 3.39. The number of aromatic nitrogens is 2. The van der Waals surface area contributed by atoms with Gasteiger partial charge in [-0.1, -0.05) is 0 Å². The van der Waals surface area contributed by atoms with Crippen LogP contribution in [0.3, 0.4) is 0 Å². The Morgan fingerprint density at radius 1 is 1.31 bits per heavy atom. The molecule has 0 radical (unpaired) electrons. The van der Waals surface area contributed by atoms with E-state index in [1.807, 2.05) is 24.7 Å². The average molecular weight is 227 g/mol. The molecule has 5 nitrogen and oxygen atoms in total. The van der Waals surface area contributed by atoms with E-state index >= 15 is 0 Å². The van der Waals surface area contributed by atoms with Crippen molar-refractivity contribution in [2.24, 2.45) is 7.05 Å². The molecule has 2 unspecified atom stereocenters. The minimum absolute atomic E-state index is 0.0988. The summed E-state index contributed by atoms with van der Waals surface area (Å²) in [6.07, 6.45) is 3.48. The van der Waals surface area contributed by atoms with E-state index in [4.69, 9.17) is 9.47 Å². The van der Waals surface area contributed by atoms with Crippen LogP contribution >= 0.6 is 0 Å². The molecule has 1 N–H and O–H groups in total. The van der Waals surface area contributed by atoms with Crippen LogP contribution in [-0.4, -0.2) is 36.1 Å². The molecule has 2 atom stereocenters. The zero-order valence-electron chi connectivity index (χ0n) is 10.6. The summed E-state index contributed by atoms with van der Waals surface area (Å²) in [5.74, 6) is 0.998. The lowest BCUT2D eigenvalue weighted by Gasteiger charge is -2.25. The van der Waals surface area contributed by atoms with Crippen LogP contribution < -0.4 is 5.32 Å². The number of nitrogens with one attached hydrogen (secondary N) is 1. The average Bonchev–Trinajstić information content (AvgIpc) is 2.66. The Hall–Kier alpha value is -0.910. The molecule has 16 heavy (non-hydrogen) atoms. The first-order chi connectivity index (χ1) is 7.60. The highest BCUT2D eigenvalue weighted by atomic mass is 16.7. The van der Waals surface area contributed by atoms with Gasteiger partial charge in [0.1, 0.15) is 5.82 Å². The maximum Gasteiger partial charge on any atom is 0.171 e. The molecule has 0 fully saturated rings. The van der Waals surface area contributed by atoms with Crippen LogP contribution in [0.5, 0.6) is 0 Å². The van der Waals surface area contributed by atoms with Crippen LogP contribution in [0.2, 0.25) is 0 Å². The topological polar surface area (TPSA) is 48.3 Å². The van der Waals surface area contributed by atoms with Gasteiger partial charge in [-0.3, -0.25) is 0 Å². The third kappa shape index (κ3) is 3.04. The molecule has 0 aliphatic carbocycles. The molecule has 1 aromatic rings. The highest BCUT2D eigenvalue weighted by Gasteiger charge is 2.19. The summed E-state index contributed by atoms with van der Waals surface area (Å²) >= 11 is 0. The predicted octanol–water partition coefficient (Wildman–Crippen LogP) is 1.08. The fraction of sp³-hybridized carbons (Fsp3) is 0.727. The molecule has 0 aromatic carbocycles. The second-order valence-electron chi connectivity index (χ2n) is 3.91. The van der Waals surface area contributed by atoms with E-state index in [1.165, 1.54) is 0 Å². The largest absolute Gasteiger partial charge is 0.354 e. The van der Waals surface area contributed by atoms with Gasteiger partial charge in [0.25, 0.3) is 0 Å². The second kappa shape index (κ2) is 5.98. The van der Waals surface area contributed by atoms with Gasteiger partial charge in [0.05, 0.1) is 12.1 Å². The van der Waals surface area contributed by atoms with Crippen LogP contribution in [0.1, 0.15) is 25.7 Å². The molecule has 0 saturated carbocycles. The van der Waals surface area contributed by atoms with Gasteiger partial charge in [-0.2, -0.15) is 0 Å². The highest BCUT2D eigenvalue weighted by Crippen LogP contribution is 2.11. The third-order valence-electron chi connectivity index (χ3n) is 2.63. The van der Waals surface area contributed by atoms with Crippen LogP contribution in [-0.2, 0) is 16.5 Å². The Kier molecular flexibility index (Phi) is 4.92. The zero-order chi connectivity index (χ0) is 12.1. The lowest BCUT2D eigenvalue weighted by Crippen LogP contribution is -2.41. The number of rotatable bonds is 6. The molecular weight excluding hydrogens is 206 g/mol. The van der Waals surface area contributed by atoms with Gasteiger partial charge in [-0.05, 0) is 13.8 Å². The molecule has 1 aromatic heterocycles. The first kappa shape index (κ1) is 13.2. The molecule has 1 heterocycles. The van der Waals surface area contributed by atoms with E-state index in [0.717, 1.165) is 5.82 Å². The Bertz CT molecular complexity index is 310. The summed E-state index contributed by atoms with van der Waals surface area (Å²) in [4.78, 5) is 4.30. The number of methoxy groups -OCH3 is 2. The predicted molar refractivity (Wildman–Crippen MR) is 62.0 cm³/mol. The Morgan fingerprint density at radius 3 is 2.38 bits per heavy atom. The van der Waals surface area contributed by atoms with Gasteiger partial charge in [-0.25, -0.2) is 4.98 Å². The second-order valence-corrected chi connectivity index (χ2v) is 3.91. The van der Waals surface area contributed by atoms with E-state index in [1.54, 1.807) is 20.4 Å². The molecule has 0 saturated heterocycles. The molecule has 0 aliphatic rings. The number of aryl methyl sites for hydroxylation is 1. The van der Waals surface area contributed by atoms with E-state index in [9.17, 15) is 0 Å². The minimum atomic E-state index is -0.247. The normalized spacial score (nSPS) is 15.4. The molecule has 92 valence electrons. The molecule has 0 amide bonds. The molecule has 0 aliphatic heterocycles. The fourth-order valence-corrected chi connectivity index (χ4v) is 1.85. The standard InChI is InChI=1S/C11H21N3O2/c1-8(10-12-6-7-14(10)3)13-9(2)11(15-4)16-5/h6-9,11,13H,1-5H3. The van der Waals surface area contributed by atoms with Gasteiger partial charge in [0, 0.05) is 33.7 Å². The van der Waals surface area contributed by atoms with Crippen molar-refractivity contribution < 1.29 is 9.47 Å². The third-order valence-corrected chi connectivity index (χ3v) is 2.63. The minimum Gasteiger partial charge on any atom is -0.354 e. The quantitative estimate of drug-likeness (QED) is 0.739. The Balaban J connectivity index is 2.57. The number of ether oxygens (including phenoxy) is 2. The van der Waals surface area contributed by atoms with E-state index in [-0.39, 0.29) is 18.4 Å². The summed E-state index contributed by atoms with van der Waals surface area (Å²) in [7, 11) is 5.25. The molecular formula is C11H21N3O2. The molecule has 0 spiro atoms. The van der Waals surface area contributed by atoms with Crippen LogP contribution in [0, 0.1) is 0 Å². The number of imidazole rings is 1. The van der Waals surface area contributed by atoms with E-state index in [2.05, 4.69) is 17.2 Å². The summed E-state index contributed by atoms with van der Waals surface area (Å²) < 4.78 is 12.4. The smallest absolute Gasteiger partial charge is 0.171 e. The van der Waals surface area contributed by atoms with Crippen molar-refractivity contribution in [1.29, 1.82) is 0 Å². The summed E-state index contributed by atoms with van der Waals surface area (Å²) in [5.41, 5.74) is 0. The maximum atomic E-state index is 5.20. The first-order valence-electron chi connectivity index (χ1n) is 5.39. The van der Waals surface area contributed by atoms with Gasteiger partial charge < -0.3 is 19.4 Å². The van der Waals surface area contributed by atoms with Crippen LogP contribution in [0.4, 0.5) is 0 Å². The van der Waals surface area contributed by atoms with Crippen molar-refractivity contribution in [3.63, 3.8) is 0 Å². The SMILES string of the molecule is COC(OC)C(C)NC(C)c1nccn1C. The van der Waals surface area contributed by atoms with Crippen molar-refractivity contribution in [2.45, 2.75) is 32.2 Å². The lowest BCUT2D eigenvalue weighted by atomic mass is 10.2. The van der Waals surface area contributed by atoms with E-state index < -0.39 is 0 Å². The summed E-state index contributed by atoms with van der Waals surface area (Å²) in [6, 6.07) is 0.254. The molecule has 5 heteroatoms. The van der Waals surface area contributed by atoms with Crippen molar-refractivity contribution in [1.82, 2.24) is 14.9 Å². The van der Waals surface area contributed by atoms with Crippen molar-refractivity contribution in [3.05, 3.63) is 18.2 Å². The Labute approximate surface area is 96.8 Å². The van der Waals surface area contributed by atoms with Gasteiger partial charge in [-0.15, -0.1) is 0 Å². The van der Waals surface area contributed by atoms with Gasteiger partial charge in [0.15, 0.2) is 6.29 Å². The molecule has 0 bridgehead atoms. The Morgan fingerprint density at radius 2 is 1.94 bits per heavy atom. The first-order valence-corrected chi connectivity index (χ1v) is 5.39. The maximum absolute atomic E-state index is 5.20. The van der Waals surface area contributed by atoms with E-state index in [0.29, 0.717) is 0 Å². The van der Waals surface area contributed by atoms with Gasteiger partial charge in [0.2, 0.25) is 0 Å². The molecule has 1 rings (SSSR count). The van der Waals surface area contributed by atoms with Gasteiger partial charge >= 0.3 is 0 Å². The van der Waals surface area contributed by atoms with Crippen molar-refractivity contribution in [3.8, 4) is 0 Å². The highest BCUT2D eigenvalue weighted by molar-refractivity contribution is 4.97. The van der Waals surface area contributed by atoms with Crippen LogP contribution in [0.25, 0.3) is 0 Å². The zero-order valence-corrected chi connectivity index (χ0v) is 10.6. The summed E-state index contributed by atoms with van der Waals surface area (Å²) in [6.45, 7) is 4.10. The number of nitrogens with zero attached hydrogens (tertiary/aromatic N) is 2. The number of hydrogen-bond acceptors (Lipinski definition) is 4. The lowest BCUT2D eigenvalue weighted by molar-refractivity contribution is -0.120. The number of hydrogen-bond donors (Lipinski definition) is 1. The van der Waals surface area contributed by atoms with Crippen molar-refractivity contribution >= 4 is 0 Å².